The lowest BCUT2D eigenvalue weighted by Crippen LogP contribution is -2.14. The number of benzene rings is 1. The molecular weight excluding hydrogens is 329 g/mol. The number of ether oxygens (including phenoxy) is 1. The van der Waals surface area contributed by atoms with E-state index in [1.165, 1.54) is 29.5 Å². The van der Waals surface area contributed by atoms with E-state index < -0.39 is 5.82 Å². The highest BCUT2D eigenvalue weighted by Gasteiger charge is 2.13. The van der Waals surface area contributed by atoms with Crippen molar-refractivity contribution in [1.82, 2.24) is 4.98 Å². The first-order valence-corrected chi connectivity index (χ1v) is 7.40. The van der Waals surface area contributed by atoms with Gasteiger partial charge in [0, 0.05) is 18.0 Å². The second-order valence-corrected chi connectivity index (χ2v) is 5.22. The number of nitrogens with one attached hydrogen (secondary N) is 1. The van der Waals surface area contributed by atoms with Crippen LogP contribution in [-0.2, 0) is 6.54 Å². The Bertz CT molecular complexity index is 636. The molecule has 1 amide bonds. The molecule has 5 nitrogen and oxygen atoms in total. The number of carbonyl (C=O) groups excluding carboxylic acids is 1. The van der Waals surface area contributed by atoms with Crippen molar-refractivity contribution >= 4 is 35.3 Å². The summed E-state index contributed by atoms with van der Waals surface area (Å²) in [5, 5.41) is 4.99. The van der Waals surface area contributed by atoms with Crippen LogP contribution in [0.5, 0.6) is 5.75 Å². The summed E-state index contributed by atoms with van der Waals surface area (Å²) in [6.45, 7) is 2.68. The normalized spacial score (nSPS) is 9.95. The molecule has 0 saturated heterocycles. The quantitative estimate of drug-likeness (QED) is 0.842. The summed E-state index contributed by atoms with van der Waals surface area (Å²) in [4.78, 5) is 16.2. The van der Waals surface area contributed by atoms with E-state index >= 15 is 0 Å². The molecule has 0 bridgehead atoms. The van der Waals surface area contributed by atoms with Crippen molar-refractivity contribution in [2.24, 2.45) is 5.73 Å². The molecule has 2 rings (SSSR count). The molecule has 8 heteroatoms. The van der Waals surface area contributed by atoms with Crippen LogP contribution in [0.15, 0.2) is 23.6 Å². The van der Waals surface area contributed by atoms with Gasteiger partial charge in [-0.2, -0.15) is 0 Å². The molecule has 22 heavy (non-hydrogen) atoms. The smallest absolute Gasteiger partial charge is 0.275 e. The second-order valence-electron chi connectivity index (χ2n) is 4.27. The van der Waals surface area contributed by atoms with Crippen molar-refractivity contribution in [3.8, 4) is 5.75 Å². The number of carbonyl (C=O) groups is 1. The maximum absolute atomic E-state index is 13.3. The number of rotatable bonds is 6. The van der Waals surface area contributed by atoms with Crippen LogP contribution in [0.3, 0.4) is 0 Å². The van der Waals surface area contributed by atoms with Crippen LogP contribution in [0.2, 0.25) is 0 Å². The maximum atomic E-state index is 13.3. The van der Waals surface area contributed by atoms with Gasteiger partial charge in [-0.05, 0) is 18.6 Å². The fourth-order valence-corrected chi connectivity index (χ4v) is 2.28. The van der Waals surface area contributed by atoms with Crippen molar-refractivity contribution in [2.45, 2.75) is 19.9 Å². The van der Waals surface area contributed by atoms with Gasteiger partial charge in [-0.15, -0.1) is 23.7 Å². The first-order valence-electron chi connectivity index (χ1n) is 6.52. The van der Waals surface area contributed by atoms with Crippen LogP contribution in [-0.4, -0.2) is 17.5 Å². The highest BCUT2D eigenvalue weighted by molar-refractivity contribution is 7.09. The number of nitrogens with zero attached hydrogens (tertiary/aromatic N) is 1. The fraction of sp³-hybridized carbons (Fsp3) is 0.286. The molecule has 1 heterocycles. The number of hydrogen-bond acceptors (Lipinski definition) is 5. The number of nitrogens with two attached hydrogens (primary N) is 1. The Balaban J connectivity index is 0.00000242. The number of hydrogen-bond donors (Lipinski definition) is 2. The lowest BCUT2D eigenvalue weighted by atomic mass is 10.2. The van der Waals surface area contributed by atoms with Gasteiger partial charge in [0.15, 0.2) is 0 Å². The monoisotopic (exact) mass is 345 g/mol. The number of halogens is 2. The third-order valence-corrected chi connectivity index (χ3v) is 3.48. The fourth-order valence-electron chi connectivity index (χ4n) is 1.63. The summed E-state index contributed by atoms with van der Waals surface area (Å²) in [6, 6.07) is 3.98. The Morgan fingerprint density at radius 1 is 1.50 bits per heavy atom. The minimum atomic E-state index is -0.418. The molecule has 1 aromatic carbocycles. The summed E-state index contributed by atoms with van der Waals surface area (Å²) in [7, 11) is 0. The van der Waals surface area contributed by atoms with E-state index in [4.69, 9.17) is 10.5 Å². The molecule has 0 aliphatic rings. The summed E-state index contributed by atoms with van der Waals surface area (Å²) >= 11 is 1.32. The summed E-state index contributed by atoms with van der Waals surface area (Å²) in [5.41, 5.74) is 6.16. The first-order chi connectivity index (χ1) is 10.1. The van der Waals surface area contributed by atoms with Gasteiger partial charge in [0.2, 0.25) is 0 Å². The Morgan fingerprint density at radius 3 is 2.91 bits per heavy atom. The first kappa shape index (κ1) is 18.3. The van der Waals surface area contributed by atoms with Gasteiger partial charge in [-0.3, -0.25) is 4.79 Å². The average molecular weight is 346 g/mol. The third-order valence-electron chi connectivity index (χ3n) is 2.61. The number of thiazole rings is 1. The predicted octanol–water partition coefficient (Wildman–Crippen LogP) is 3.20. The van der Waals surface area contributed by atoms with Crippen molar-refractivity contribution in [2.75, 3.05) is 11.9 Å². The summed E-state index contributed by atoms with van der Waals surface area (Å²) < 4.78 is 18.7. The number of amides is 1. The SMILES string of the molecule is CCCOc1cc(F)ccc1NC(=O)c1csc(CN)n1.Cl. The number of anilines is 1. The van der Waals surface area contributed by atoms with Crippen LogP contribution < -0.4 is 15.8 Å². The minimum absolute atomic E-state index is 0. The van der Waals surface area contributed by atoms with Crippen molar-refractivity contribution in [3.63, 3.8) is 0 Å². The molecule has 0 aliphatic carbocycles. The van der Waals surface area contributed by atoms with Gasteiger partial charge in [-0.25, -0.2) is 9.37 Å². The Labute approximate surface area is 138 Å². The Morgan fingerprint density at radius 2 is 2.27 bits per heavy atom. The van der Waals surface area contributed by atoms with Gasteiger partial charge in [0.25, 0.3) is 5.91 Å². The zero-order chi connectivity index (χ0) is 15.2. The van der Waals surface area contributed by atoms with Crippen LogP contribution in [0.1, 0.15) is 28.8 Å². The van der Waals surface area contributed by atoms with Crippen molar-refractivity contribution in [3.05, 3.63) is 40.1 Å². The predicted molar refractivity (Wildman–Crippen MR) is 87.4 cm³/mol. The Kier molecular flexibility index (Phi) is 7.23. The van der Waals surface area contributed by atoms with Gasteiger partial charge >= 0.3 is 0 Å². The van der Waals surface area contributed by atoms with Crippen LogP contribution in [0.25, 0.3) is 0 Å². The van der Waals surface area contributed by atoms with Gasteiger partial charge in [-0.1, -0.05) is 6.92 Å². The molecule has 2 aromatic rings. The summed E-state index contributed by atoms with van der Waals surface area (Å²) in [6.07, 6.45) is 0.788. The van der Waals surface area contributed by atoms with E-state index in [0.29, 0.717) is 29.6 Å². The molecule has 0 saturated carbocycles. The molecule has 0 unspecified atom stereocenters. The summed E-state index contributed by atoms with van der Waals surface area (Å²) in [5.74, 6) is -0.489. The molecule has 0 spiro atoms. The lowest BCUT2D eigenvalue weighted by molar-refractivity contribution is 0.102. The number of aromatic nitrogens is 1. The molecular formula is C14H17ClFN3O2S. The standard InChI is InChI=1S/C14H16FN3O2S.ClH/c1-2-5-20-12-6-9(15)3-4-10(12)18-14(19)11-8-21-13(7-16)17-11;/h3-4,6,8H,2,5,7,16H2,1H3,(H,18,19);1H. The minimum Gasteiger partial charge on any atom is -0.491 e. The van der Waals surface area contributed by atoms with E-state index in [-0.39, 0.29) is 24.0 Å². The van der Waals surface area contributed by atoms with E-state index in [0.717, 1.165) is 6.42 Å². The van der Waals surface area contributed by atoms with Crippen LogP contribution in [0.4, 0.5) is 10.1 Å². The van der Waals surface area contributed by atoms with Crippen molar-refractivity contribution in [1.29, 1.82) is 0 Å². The Hall–Kier alpha value is -1.70. The lowest BCUT2D eigenvalue weighted by Gasteiger charge is -2.11. The largest absolute Gasteiger partial charge is 0.491 e. The highest BCUT2D eigenvalue weighted by Crippen LogP contribution is 2.26. The zero-order valence-electron chi connectivity index (χ0n) is 12.0. The van der Waals surface area contributed by atoms with E-state index in [1.54, 1.807) is 5.38 Å². The highest BCUT2D eigenvalue weighted by atomic mass is 35.5. The molecule has 3 N–H and O–H groups in total. The third kappa shape index (κ3) is 4.66. The van der Waals surface area contributed by atoms with Crippen LogP contribution >= 0.6 is 23.7 Å². The molecule has 0 aliphatic heterocycles. The van der Waals surface area contributed by atoms with Gasteiger partial charge < -0.3 is 15.8 Å². The van der Waals surface area contributed by atoms with E-state index in [2.05, 4.69) is 10.3 Å². The molecule has 0 atom stereocenters. The van der Waals surface area contributed by atoms with E-state index in [9.17, 15) is 9.18 Å². The molecule has 0 fully saturated rings. The zero-order valence-corrected chi connectivity index (χ0v) is 13.6. The molecule has 120 valence electrons. The molecule has 1 aromatic heterocycles. The maximum Gasteiger partial charge on any atom is 0.275 e. The topological polar surface area (TPSA) is 77.2 Å². The average Bonchev–Trinajstić information content (AvgIpc) is 2.96. The van der Waals surface area contributed by atoms with E-state index in [1.807, 2.05) is 6.92 Å². The van der Waals surface area contributed by atoms with Crippen LogP contribution in [0, 0.1) is 5.82 Å². The van der Waals surface area contributed by atoms with Crippen molar-refractivity contribution < 1.29 is 13.9 Å². The van der Waals surface area contributed by atoms with Gasteiger partial charge in [0.1, 0.15) is 22.3 Å². The molecule has 0 radical (unpaired) electrons. The van der Waals surface area contributed by atoms with Gasteiger partial charge in [0.05, 0.1) is 12.3 Å². The second kappa shape index (κ2) is 8.67.